The summed E-state index contributed by atoms with van der Waals surface area (Å²) in [6.45, 7) is 7.38. The molecule has 0 fully saturated rings. The van der Waals surface area contributed by atoms with Gasteiger partial charge in [0.05, 0.1) is 26.0 Å². The maximum Gasteiger partial charge on any atom is 0.123 e. The van der Waals surface area contributed by atoms with Crippen LogP contribution in [0.1, 0.15) is 30.9 Å². The van der Waals surface area contributed by atoms with Crippen molar-refractivity contribution in [2.24, 2.45) is 5.92 Å². The van der Waals surface area contributed by atoms with Crippen LogP contribution in [0.25, 0.3) is 0 Å². The molecule has 114 valence electrons. The van der Waals surface area contributed by atoms with Gasteiger partial charge in [-0.05, 0) is 30.7 Å². The van der Waals surface area contributed by atoms with E-state index in [9.17, 15) is 0 Å². The van der Waals surface area contributed by atoms with Gasteiger partial charge in [-0.2, -0.15) is 0 Å². The monoisotopic (exact) mass is 288 g/mol. The molecular formula is C17H24N2O2. The third-order valence-corrected chi connectivity index (χ3v) is 3.16. The Labute approximate surface area is 126 Å². The molecule has 2 aromatic rings. The second-order valence-electron chi connectivity index (χ2n) is 5.52. The Morgan fingerprint density at radius 2 is 2.19 bits per heavy atom. The van der Waals surface area contributed by atoms with Gasteiger partial charge in [0.15, 0.2) is 0 Å². The molecule has 2 rings (SSSR count). The van der Waals surface area contributed by atoms with E-state index in [1.165, 1.54) is 0 Å². The maximum atomic E-state index is 5.72. The summed E-state index contributed by atoms with van der Waals surface area (Å²) in [6.07, 6.45) is 4.37. The standard InChI is InChI=1S/C17H24N2O2/c1-14(2)11-18-12-17-15(6-10-21-17)13-20-9-7-16-5-3-4-8-19-16/h3-6,8,10,14,18H,7,9,11-13H2,1-2H3. The van der Waals surface area contributed by atoms with Crippen molar-refractivity contribution in [1.82, 2.24) is 10.3 Å². The van der Waals surface area contributed by atoms with E-state index < -0.39 is 0 Å². The van der Waals surface area contributed by atoms with Gasteiger partial charge in [-0.3, -0.25) is 4.98 Å². The Morgan fingerprint density at radius 1 is 1.29 bits per heavy atom. The zero-order valence-electron chi connectivity index (χ0n) is 12.8. The van der Waals surface area contributed by atoms with Crippen LogP contribution in [0.15, 0.2) is 41.1 Å². The first-order valence-corrected chi connectivity index (χ1v) is 7.49. The molecule has 0 aliphatic rings. The van der Waals surface area contributed by atoms with Crippen LogP contribution in [0.2, 0.25) is 0 Å². The quantitative estimate of drug-likeness (QED) is 0.720. The largest absolute Gasteiger partial charge is 0.468 e. The van der Waals surface area contributed by atoms with Gasteiger partial charge in [0, 0.05) is 23.9 Å². The van der Waals surface area contributed by atoms with Gasteiger partial charge in [-0.15, -0.1) is 0 Å². The van der Waals surface area contributed by atoms with Gasteiger partial charge in [0.25, 0.3) is 0 Å². The lowest BCUT2D eigenvalue weighted by molar-refractivity contribution is 0.122. The lowest BCUT2D eigenvalue weighted by atomic mass is 10.2. The molecule has 0 aliphatic carbocycles. The third-order valence-electron chi connectivity index (χ3n) is 3.16. The number of furan rings is 1. The van der Waals surface area contributed by atoms with Crippen LogP contribution in [0.4, 0.5) is 0 Å². The molecule has 0 atom stereocenters. The van der Waals surface area contributed by atoms with Gasteiger partial charge in [-0.1, -0.05) is 19.9 Å². The molecule has 0 saturated carbocycles. The fourth-order valence-electron chi connectivity index (χ4n) is 2.03. The molecule has 21 heavy (non-hydrogen) atoms. The number of hydrogen-bond acceptors (Lipinski definition) is 4. The highest BCUT2D eigenvalue weighted by Crippen LogP contribution is 2.12. The smallest absolute Gasteiger partial charge is 0.123 e. The fraction of sp³-hybridized carbons (Fsp3) is 0.471. The predicted molar refractivity (Wildman–Crippen MR) is 82.8 cm³/mol. The number of nitrogens with zero attached hydrogens (tertiary/aromatic N) is 1. The number of hydrogen-bond donors (Lipinski definition) is 1. The molecule has 0 amide bonds. The minimum absolute atomic E-state index is 0.585. The Bertz CT molecular complexity index is 509. The summed E-state index contributed by atoms with van der Waals surface area (Å²) >= 11 is 0. The molecule has 0 saturated heterocycles. The molecule has 4 nitrogen and oxygen atoms in total. The number of rotatable bonds is 9. The topological polar surface area (TPSA) is 47.3 Å². The van der Waals surface area contributed by atoms with E-state index >= 15 is 0 Å². The van der Waals surface area contributed by atoms with Crippen LogP contribution in [0.3, 0.4) is 0 Å². The Hall–Kier alpha value is -1.65. The maximum absolute atomic E-state index is 5.72. The molecule has 0 spiro atoms. The average molecular weight is 288 g/mol. The first-order valence-electron chi connectivity index (χ1n) is 7.49. The van der Waals surface area contributed by atoms with Crippen molar-refractivity contribution >= 4 is 0 Å². The van der Waals surface area contributed by atoms with Crippen molar-refractivity contribution in [1.29, 1.82) is 0 Å². The van der Waals surface area contributed by atoms with Crippen LogP contribution in [-0.2, 0) is 24.3 Å². The van der Waals surface area contributed by atoms with Gasteiger partial charge < -0.3 is 14.5 Å². The van der Waals surface area contributed by atoms with Crippen molar-refractivity contribution in [3.63, 3.8) is 0 Å². The van der Waals surface area contributed by atoms with Crippen molar-refractivity contribution in [3.05, 3.63) is 53.7 Å². The number of aromatic nitrogens is 1. The molecular weight excluding hydrogens is 264 g/mol. The summed E-state index contributed by atoms with van der Waals surface area (Å²) in [6, 6.07) is 7.92. The van der Waals surface area contributed by atoms with Gasteiger partial charge >= 0.3 is 0 Å². The van der Waals surface area contributed by atoms with E-state index in [-0.39, 0.29) is 0 Å². The molecule has 0 unspecified atom stereocenters. The van der Waals surface area contributed by atoms with Crippen LogP contribution in [-0.4, -0.2) is 18.1 Å². The van der Waals surface area contributed by atoms with Crippen LogP contribution in [0, 0.1) is 5.92 Å². The third kappa shape index (κ3) is 5.69. The summed E-state index contributed by atoms with van der Waals surface area (Å²) in [7, 11) is 0. The van der Waals surface area contributed by atoms with Gasteiger partial charge in [0.1, 0.15) is 5.76 Å². The molecule has 0 bridgehead atoms. The highest BCUT2D eigenvalue weighted by Gasteiger charge is 2.06. The number of pyridine rings is 1. The summed E-state index contributed by atoms with van der Waals surface area (Å²) in [5, 5.41) is 3.38. The summed E-state index contributed by atoms with van der Waals surface area (Å²) in [5.74, 6) is 1.60. The second kappa shape index (κ2) is 8.60. The second-order valence-corrected chi connectivity index (χ2v) is 5.52. The van der Waals surface area contributed by atoms with E-state index in [1.807, 2.05) is 30.5 Å². The molecule has 0 radical (unpaired) electrons. The van der Waals surface area contributed by atoms with Crippen molar-refractivity contribution in [2.45, 2.75) is 33.4 Å². The SMILES string of the molecule is CC(C)CNCc1occc1COCCc1ccccn1. The lowest BCUT2D eigenvalue weighted by Crippen LogP contribution is -2.19. The normalized spacial score (nSPS) is 11.2. The van der Waals surface area contributed by atoms with Crippen LogP contribution in [0.5, 0.6) is 0 Å². The highest BCUT2D eigenvalue weighted by atomic mass is 16.5. The molecule has 1 N–H and O–H groups in total. The Morgan fingerprint density at radius 3 is 2.95 bits per heavy atom. The van der Waals surface area contributed by atoms with Crippen molar-refractivity contribution in [3.8, 4) is 0 Å². The zero-order chi connectivity index (χ0) is 14.9. The first-order chi connectivity index (χ1) is 10.3. The van der Waals surface area contributed by atoms with Gasteiger partial charge in [-0.25, -0.2) is 0 Å². The van der Waals surface area contributed by atoms with E-state index in [2.05, 4.69) is 24.1 Å². The highest BCUT2D eigenvalue weighted by molar-refractivity contribution is 5.15. The lowest BCUT2D eigenvalue weighted by Gasteiger charge is -2.08. The van der Waals surface area contributed by atoms with Gasteiger partial charge in [0.2, 0.25) is 0 Å². The Balaban J connectivity index is 1.70. The number of nitrogens with one attached hydrogen (secondary N) is 1. The Kier molecular flexibility index (Phi) is 6.44. The fourth-order valence-corrected chi connectivity index (χ4v) is 2.03. The molecule has 4 heteroatoms. The molecule has 2 heterocycles. The van der Waals surface area contributed by atoms with E-state index in [1.54, 1.807) is 6.26 Å². The van der Waals surface area contributed by atoms with E-state index in [0.717, 1.165) is 36.5 Å². The van der Waals surface area contributed by atoms with Crippen molar-refractivity contribution in [2.75, 3.05) is 13.2 Å². The van der Waals surface area contributed by atoms with Crippen LogP contribution >= 0.6 is 0 Å². The predicted octanol–water partition coefficient (Wildman–Crippen LogP) is 3.18. The minimum atomic E-state index is 0.585. The molecule has 2 aromatic heterocycles. The number of ether oxygens (including phenoxy) is 1. The minimum Gasteiger partial charge on any atom is -0.468 e. The zero-order valence-corrected chi connectivity index (χ0v) is 12.8. The molecule has 0 aromatic carbocycles. The summed E-state index contributed by atoms with van der Waals surface area (Å²) in [5.41, 5.74) is 2.18. The van der Waals surface area contributed by atoms with E-state index in [0.29, 0.717) is 19.1 Å². The van der Waals surface area contributed by atoms with Crippen LogP contribution < -0.4 is 5.32 Å². The summed E-state index contributed by atoms with van der Waals surface area (Å²) in [4.78, 5) is 4.28. The summed E-state index contributed by atoms with van der Waals surface area (Å²) < 4.78 is 11.2. The first kappa shape index (κ1) is 15.7. The van der Waals surface area contributed by atoms with Crippen molar-refractivity contribution < 1.29 is 9.15 Å². The van der Waals surface area contributed by atoms with E-state index in [4.69, 9.17) is 9.15 Å². The molecule has 0 aliphatic heterocycles. The average Bonchev–Trinajstić information content (AvgIpc) is 2.92.